The summed E-state index contributed by atoms with van der Waals surface area (Å²) in [4.78, 5) is 29.6. The fourth-order valence-corrected chi connectivity index (χ4v) is 1.61. The van der Waals surface area contributed by atoms with Gasteiger partial charge >= 0.3 is 0 Å². The molecule has 0 atom stereocenters. The van der Waals surface area contributed by atoms with Crippen LogP contribution in [0, 0.1) is 4.91 Å². The monoisotopic (exact) mass is 287 g/mol. The summed E-state index contributed by atoms with van der Waals surface area (Å²) in [6.45, 7) is 1.46. The second kappa shape index (κ2) is 6.42. The summed E-state index contributed by atoms with van der Waals surface area (Å²) < 4.78 is 5.44. The molecule has 2 aromatic rings. The van der Waals surface area contributed by atoms with Crippen LogP contribution in [0.15, 0.2) is 35.5 Å². The van der Waals surface area contributed by atoms with Gasteiger partial charge in [-0.05, 0) is 10.7 Å². The van der Waals surface area contributed by atoms with Gasteiger partial charge in [0.2, 0.25) is 17.5 Å². The molecule has 0 bridgehead atoms. The summed E-state index contributed by atoms with van der Waals surface area (Å²) in [5.74, 6) is -0.695. The normalized spacial score (nSPS) is 9.95. The third-order valence-corrected chi connectivity index (χ3v) is 2.47. The molecule has 21 heavy (non-hydrogen) atoms. The molecule has 0 fully saturated rings. The number of anilines is 2. The van der Waals surface area contributed by atoms with Crippen molar-refractivity contribution < 1.29 is 9.53 Å². The molecule has 8 nitrogen and oxygen atoms in total. The van der Waals surface area contributed by atoms with Crippen molar-refractivity contribution in [3.63, 3.8) is 0 Å². The van der Waals surface area contributed by atoms with Crippen molar-refractivity contribution in [2.24, 2.45) is 5.18 Å². The van der Waals surface area contributed by atoms with Crippen molar-refractivity contribution in [2.45, 2.75) is 13.5 Å². The van der Waals surface area contributed by atoms with E-state index >= 15 is 0 Å². The summed E-state index contributed by atoms with van der Waals surface area (Å²) in [5.41, 5.74) is 6.21. The minimum Gasteiger partial charge on any atom is -0.471 e. The number of carbonyl (C=O) groups is 1. The smallest absolute Gasteiger partial charge is 0.251 e. The standard InChI is InChI=1S/C13H13N5O3/c1-8(19)15-11-10(18-20)12(17-13(14)16-11)21-7-9-5-3-2-4-6-9/h2-6H,7H2,1H3,(H3,14,15,16,17,19). The molecule has 1 heterocycles. The summed E-state index contributed by atoms with van der Waals surface area (Å²) >= 11 is 0. The van der Waals surface area contributed by atoms with Gasteiger partial charge in [-0.2, -0.15) is 9.97 Å². The first-order valence-electron chi connectivity index (χ1n) is 6.05. The fourth-order valence-electron chi connectivity index (χ4n) is 1.61. The zero-order valence-electron chi connectivity index (χ0n) is 11.2. The highest BCUT2D eigenvalue weighted by molar-refractivity contribution is 5.91. The van der Waals surface area contributed by atoms with E-state index in [1.54, 1.807) is 0 Å². The van der Waals surface area contributed by atoms with Gasteiger partial charge in [0.15, 0.2) is 5.82 Å². The first kappa shape index (κ1) is 14.4. The van der Waals surface area contributed by atoms with Crippen LogP contribution in [0.5, 0.6) is 5.88 Å². The molecule has 0 aliphatic carbocycles. The first-order chi connectivity index (χ1) is 10.1. The summed E-state index contributed by atoms with van der Waals surface area (Å²) in [7, 11) is 0. The van der Waals surface area contributed by atoms with E-state index in [9.17, 15) is 9.70 Å². The number of benzene rings is 1. The lowest BCUT2D eigenvalue weighted by Gasteiger charge is -2.10. The molecule has 3 N–H and O–H groups in total. The Morgan fingerprint density at radius 1 is 1.33 bits per heavy atom. The van der Waals surface area contributed by atoms with Gasteiger partial charge in [0.25, 0.3) is 5.88 Å². The van der Waals surface area contributed by atoms with Crippen LogP contribution >= 0.6 is 0 Å². The number of nitrogens with two attached hydrogens (primary N) is 1. The van der Waals surface area contributed by atoms with E-state index in [-0.39, 0.29) is 29.9 Å². The highest BCUT2D eigenvalue weighted by Gasteiger charge is 2.17. The van der Waals surface area contributed by atoms with Crippen LogP contribution in [0.3, 0.4) is 0 Å². The van der Waals surface area contributed by atoms with Crippen molar-refractivity contribution in [2.75, 3.05) is 11.1 Å². The molecule has 0 aliphatic heterocycles. The Bertz CT molecular complexity index is 660. The highest BCUT2D eigenvalue weighted by atomic mass is 16.5. The van der Waals surface area contributed by atoms with E-state index < -0.39 is 5.91 Å². The van der Waals surface area contributed by atoms with Gasteiger partial charge in [-0.1, -0.05) is 30.3 Å². The second-order valence-corrected chi connectivity index (χ2v) is 4.13. The molecule has 8 heteroatoms. The number of aromatic nitrogens is 2. The van der Waals surface area contributed by atoms with Gasteiger partial charge < -0.3 is 15.8 Å². The number of nitrogens with one attached hydrogen (secondary N) is 1. The van der Waals surface area contributed by atoms with Crippen molar-refractivity contribution >= 4 is 23.4 Å². The molecule has 1 aromatic carbocycles. The molecule has 0 saturated heterocycles. The molecule has 0 radical (unpaired) electrons. The maximum absolute atomic E-state index is 11.1. The second-order valence-electron chi connectivity index (χ2n) is 4.13. The quantitative estimate of drug-likeness (QED) is 0.811. The predicted octanol–water partition coefficient (Wildman–Crippen LogP) is 1.99. The van der Waals surface area contributed by atoms with E-state index in [2.05, 4.69) is 20.5 Å². The van der Waals surface area contributed by atoms with Gasteiger partial charge in [0.1, 0.15) is 6.61 Å². The predicted molar refractivity (Wildman–Crippen MR) is 77.0 cm³/mol. The van der Waals surface area contributed by atoms with Crippen LogP contribution < -0.4 is 15.8 Å². The van der Waals surface area contributed by atoms with E-state index in [0.717, 1.165) is 5.56 Å². The lowest BCUT2D eigenvalue weighted by molar-refractivity contribution is -0.114. The summed E-state index contributed by atoms with van der Waals surface area (Å²) in [6.07, 6.45) is 0. The van der Waals surface area contributed by atoms with Crippen molar-refractivity contribution in [3.8, 4) is 5.88 Å². The van der Waals surface area contributed by atoms with Gasteiger partial charge in [-0.25, -0.2) is 0 Å². The number of ether oxygens (including phenoxy) is 1. The lowest BCUT2D eigenvalue weighted by atomic mass is 10.2. The first-order valence-corrected chi connectivity index (χ1v) is 6.05. The van der Waals surface area contributed by atoms with Crippen molar-refractivity contribution in [1.29, 1.82) is 0 Å². The maximum Gasteiger partial charge on any atom is 0.251 e. The van der Waals surface area contributed by atoms with Gasteiger partial charge in [0, 0.05) is 6.92 Å². The van der Waals surface area contributed by atoms with Crippen molar-refractivity contribution in [1.82, 2.24) is 9.97 Å². The highest BCUT2D eigenvalue weighted by Crippen LogP contribution is 2.33. The van der Waals surface area contributed by atoms with Gasteiger partial charge in [-0.3, -0.25) is 4.79 Å². The number of hydrogen-bond donors (Lipinski definition) is 2. The Labute approximate surface area is 120 Å². The number of rotatable bonds is 5. The molecule has 0 unspecified atom stereocenters. The third kappa shape index (κ3) is 3.72. The number of carbonyl (C=O) groups excluding carboxylic acids is 1. The van der Waals surface area contributed by atoms with E-state index in [1.165, 1.54) is 6.92 Å². The molecule has 0 spiro atoms. The number of nitroso groups, excluding NO2 is 1. The number of hydrogen-bond acceptors (Lipinski definition) is 7. The minimum atomic E-state index is -0.410. The van der Waals surface area contributed by atoms with Crippen LogP contribution in [-0.4, -0.2) is 15.9 Å². The van der Waals surface area contributed by atoms with E-state index in [0.29, 0.717) is 0 Å². The fraction of sp³-hybridized carbons (Fsp3) is 0.154. The van der Waals surface area contributed by atoms with Crippen molar-refractivity contribution in [3.05, 3.63) is 40.8 Å². The molecule has 0 saturated carbocycles. The van der Waals surface area contributed by atoms with Crippen LogP contribution in [0.1, 0.15) is 12.5 Å². The number of nitrogens with zero attached hydrogens (tertiary/aromatic N) is 3. The van der Waals surface area contributed by atoms with Crippen LogP contribution in [-0.2, 0) is 11.4 Å². The Balaban J connectivity index is 2.27. The molecule has 0 aliphatic rings. The Morgan fingerprint density at radius 3 is 2.67 bits per heavy atom. The van der Waals surface area contributed by atoms with Gasteiger partial charge in [-0.15, -0.1) is 4.91 Å². The average Bonchev–Trinajstić information content (AvgIpc) is 2.45. The average molecular weight is 287 g/mol. The molecule has 2 rings (SSSR count). The molecular formula is C13H13N5O3. The van der Waals surface area contributed by atoms with Crippen LogP contribution in [0.4, 0.5) is 17.5 Å². The Morgan fingerprint density at radius 2 is 2.05 bits per heavy atom. The number of nitrogen functional groups attached to an aromatic ring is 1. The molecular weight excluding hydrogens is 274 g/mol. The number of amides is 1. The van der Waals surface area contributed by atoms with E-state index in [4.69, 9.17) is 10.5 Å². The summed E-state index contributed by atoms with van der Waals surface area (Å²) in [6, 6.07) is 9.29. The third-order valence-electron chi connectivity index (χ3n) is 2.47. The molecule has 108 valence electrons. The zero-order valence-corrected chi connectivity index (χ0v) is 11.2. The lowest BCUT2D eigenvalue weighted by Crippen LogP contribution is -2.11. The van der Waals surface area contributed by atoms with Gasteiger partial charge in [0.05, 0.1) is 0 Å². The largest absolute Gasteiger partial charge is 0.471 e. The van der Waals surface area contributed by atoms with Crippen LogP contribution in [0.25, 0.3) is 0 Å². The Hall–Kier alpha value is -3.03. The SMILES string of the molecule is CC(=O)Nc1nc(N)nc(OCc2ccccc2)c1N=O. The van der Waals surface area contributed by atoms with Crippen LogP contribution in [0.2, 0.25) is 0 Å². The van der Waals surface area contributed by atoms with E-state index in [1.807, 2.05) is 30.3 Å². The zero-order chi connectivity index (χ0) is 15.2. The Kier molecular flexibility index (Phi) is 4.39. The maximum atomic E-state index is 11.1. The molecule has 1 aromatic heterocycles. The molecule has 1 amide bonds. The summed E-state index contributed by atoms with van der Waals surface area (Å²) in [5, 5.41) is 5.17. The topological polar surface area (TPSA) is 120 Å². The minimum absolute atomic E-state index is 0.0759.